The van der Waals surface area contributed by atoms with Crippen LogP contribution in [0.25, 0.3) is 0 Å². The van der Waals surface area contributed by atoms with Crippen LogP contribution in [0.2, 0.25) is 0 Å². The molecular formula is C14H25NO3S. The van der Waals surface area contributed by atoms with E-state index in [0.717, 1.165) is 24.7 Å². The molecule has 2 fully saturated rings. The Hall–Kier alpha value is -0.260. The quantitative estimate of drug-likeness (QED) is 0.688. The van der Waals surface area contributed by atoms with E-state index in [-0.39, 0.29) is 11.4 Å². The summed E-state index contributed by atoms with van der Waals surface area (Å²) in [5.41, 5.74) is 0.238. The summed E-state index contributed by atoms with van der Waals surface area (Å²) in [6.45, 7) is 1.79. The van der Waals surface area contributed by atoms with Crippen molar-refractivity contribution in [3.63, 3.8) is 0 Å². The molecule has 0 amide bonds. The second kappa shape index (κ2) is 6.95. The fourth-order valence-corrected chi connectivity index (χ4v) is 4.29. The third kappa shape index (κ3) is 4.36. The van der Waals surface area contributed by atoms with Gasteiger partial charge in [-0.25, -0.2) is 0 Å². The van der Waals surface area contributed by atoms with Crippen molar-refractivity contribution in [2.24, 2.45) is 11.3 Å². The summed E-state index contributed by atoms with van der Waals surface area (Å²) in [4.78, 5) is 11.4. The van der Waals surface area contributed by atoms with Gasteiger partial charge in [-0.05, 0) is 37.5 Å². The second-order valence-corrected chi connectivity index (χ2v) is 6.82. The molecule has 1 heterocycles. The van der Waals surface area contributed by atoms with E-state index in [1.807, 2.05) is 18.8 Å². The SMILES string of the molecule is CNC(CSCC1(CC(=O)OC)CC1)C1CCOC1. The van der Waals surface area contributed by atoms with Gasteiger partial charge in [-0.1, -0.05) is 0 Å². The Morgan fingerprint density at radius 2 is 2.37 bits per heavy atom. The molecular weight excluding hydrogens is 262 g/mol. The van der Waals surface area contributed by atoms with Crippen molar-refractivity contribution in [3.05, 3.63) is 0 Å². The highest BCUT2D eigenvalue weighted by Crippen LogP contribution is 2.51. The van der Waals surface area contributed by atoms with Crippen LogP contribution >= 0.6 is 11.8 Å². The van der Waals surface area contributed by atoms with E-state index in [9.17, 15) is 4.79 Å². The average Bonchev–Trinajstić information content (AvgIpc) is 2.95. The maximum absolute atomic E-state index is 11.4. The van der Waals surface area contributed by atoms with E-state index < -0.39 is 0 Å². The molecule has 0 aromatic carbocycles. The Balaban J connectivity index is 1.68. The predicted molar refractivity (Wildman–Crippen MR) is 77.4 cm³/mol. The minimum absolute atomic E-state index is 0.0625. The molecule has 0 aromatic rings. The van der Waals surface area contributed by atoms with Gasteiger partial charge < -0.3 is 14.8 Å². The zero-order valence-electron chi connectivity index (χ0n) is 11.9. The van der Waals surface area contributed by atoms with Crippen LogP contribution in [0.3, 0.4) is 0 Å². The van der Waals surface area contributed by atoms with Gasteiger partial charge in [-0.3, -0.25) is 4.79 Å². The topological polar surface area (TPSA) is 47.6 Å². The molecule has 4 nitrogen and oxygen atoms in total. The highest BCUT2D eigenvalue weighted by atomic mass is 32.2. The van der Waals surface area contributed by atoms with Gasteiger partial charge in [0.05, 0.1) is 20.1 Å². The molecule has 0 bridgehead atoms. The number of nitrogens with one attached hydrogen (secondary N) is 1. The fourth-order valence-electron chi connectivity index (χ4n) is 2.65. The molecule has 0 spiro atoms. The molecule has 1 aliphatic heterocycles. The van der Waals surface area contributed by atoms with E-state index >= 15 is 0 Å². The van der Waals surface area contributed by atoms with Crippen molar-refractivity contribution < 1.29 is 14.3 Å². The largest absolute Gasteiger partial charge is 0.469 e. The smallest absolute Gasteiger partial charge is 0.306 e. The van der Waals surface area contributed by atoms with Crippen LogP contribution < -0.4 is 5.32 Å². The first-order chi connectivity index (χ1) is 9.19. The Labute approximate surface area is 120 Å². The first-order valence-electron chi connectivity index (χ1n) is 7.09. The van der Waals surface area contributed by atoms with Crippen LogP contribution in [0.15, 0.2) is 0 Å². The number of methoxy groups -OCH3 is 1. The van der Waals surface area contributed by atoms with Gasteiger partial charge in [-0.2, -0.15) is 11.8 Å². The van der Waals surface area contributed by atoms with Gasteiger partial charge in [0.15, 0.2) is 0 Å². The van der Waals surface area contributed by atoms with Crippen LogP contribution in [-0.4, -0.2) is 50.9 Å². The lowest BCUT2D eigenvalue weighted by Gasteiger charge is -2.22. The Morgan fingerprint density at radius 1 is 1.58 bits per heavy atom. The second-order valence-electron chi connectivity index (χ2n) is 5.79. The van der Waals surface area contributed by atoms with Gasteiger partial charge in [0.2, 0.25) is 0 Å². The van der Waals surface area contributed by atoms with Crippen molar-refractivity contribution in [1.29, 1.82) is 0 Å². The Morgan fingerprint density at radius 3 is 2.89 bits per heavy atom. The zero-order chi connectivity index (χ0) is 13.7. The molecule has 110 valence electrons. The van der Waals surface area contributed by atoms with E-state index in [4.69, 9.17) is 9.47 Å². The number of hydrogen-bond donors (Lipinski definition) is 1. The molecule has 19 heavy (non-hydrogen) atoms. The molecule has 0 aromatic heterocycles. The first kappa shape index (κ1) is 15.1. The minimum atomic E-state index is -0.0625. The average molecular weight is 287 g/mol. The molecule has 5 heteroatoms. The minimum Gasteiger partial charge on any atom is -0.469 e. The predicted octanol–water partition coefficient (Wildman–Crippen LogP) is 1.69. The van der Waals surface area contributed by atoms with E-state index in [0.29, 0.717) is 18.4 Å². The molecule has 1 saturated carbocycles. The number of carbonyl (C=O) groups is 1. The number of rotatable bonds is 8. The monoisotopic (exact) mass is 287 g/mol. The van der Waals surface area contributed by atoms with Crippen molar-refractivity contribution in [2.75, 3.05) is 38.9 Å². The van der Waals surface area contributed by atoms with Crippen LogP contribution in [0.1, 0.15) is 25.7 Å². The lowest BCUT2D eigenvalue weighted by Crippen LogP contribution is -2.36. The van der Waals surface area contributed by atoms with Crippen LogP contribution in [0.4, 0.5) is 0 Å². The normalized spacial score (nSPS) is 26.1. The number of ether oxygens (including phenoxy) is 2. The van der Waals surface area contributed by atoms with E-state index in [1.165, 1.54) is 26.4 Å². The molecule has 2 aliphatic rings. The lowest BCUT2D eigenvalue weighted by molar-refractivity contribution is -0.141. The summed E-state index contributed by atoms with van der Waals surface area (Å²) in [7, 11) is 3.51. The van der Waals surface area contributed by atoms with Crippen molar-refractivity contribution >= 4 is 17.7 Å². The van der Waals surface area contributed by atoms with Crippen LogP contribution in [0.5, 0.6) is 0 Å². The maximum atomic E-state index is 11.4. The molecule has 1 N–H and O–H groups in total. The summed E-state index contributed by atoms with van der Waals surface area (Å²) < 4.78 is 10.2. The van der Waals surface area contributed by atoms with Gasteiger partial charge in [-0.15, -0.1) is 0 Å². The molecule has 1 saturated heterocycles. The highest BCUT2D eigenvalue weighted by Gasteiger charge is 2.44. The summed E-state index contributed by atoms with van der Waals surface area (Å²) in [6.07, 6.45) is 4.10. The number of esters is 1. The van der Waals surface area contributed by atoms with Crippen molar-refractivity contribution in [2.45, 2.75) is 31.7 Å². The van der Waals surface area contributed by atoms with Crippen LogP contribution in [-0.2, 0) is 14.3 Å². The summed E-state index contributed by atoms with van der Waals surface area (Å²) in [6, 6.07) is 0.529. The van der Waals surface area contributed by atoms with Crippen LogP contribution in [0, 0.1) is 11.3 Å². The van der Waals surface area contributed by atoms with E-state index in [1.54, 1.807) is 0 Å². The van der Waals surface area contributed by atoms with Gasteiger partial charge in [0.25, 0.3) is 0 Å². The molecule has 2 atom stereocenters. The lowest BCUT2D eigenvalue weighted by atomic mass is 10.0. The van der Waals surface area contributed by atoms with Crippen molar-refractivity contribution in [3.8, 4) is 0 Å². The maximum Gasteiger partial charge on any atom is 0.306 e. The van der Waals surface area contributed by atoms with E-state index in [2.05, 4.69) is 5.32 Å². The van der Waals surface area contributed by atoms with Gasteiger partial charge >= 0.3 is 5.97 Å². The molecule has 1 aliphatic carbocycles. The Kier molecular flexibility index (Phi) is 5.54. The van der Waals surface area contributed by atoms with Crippen molar-refractivity contribution in [1.82, 2.24) is 5.32 Å². The molecule has 2 unspecified atom stereocenters. The number of hydrogen-bond acceptors (Lipinski definition) is 5. The van der Waals surface area contributed by atoms with Gasteiger partial charge in [0, 0.05) is 24.3 Å². The summed E-state index contributed by atoms with van der Waals surface area (Å²) in [5.74, 6) is 2.77. The fraction of sp³-hybridized carbons (Fsp3) is 0.929. The first-order valence-corrected chi connectivity index (χ1v) is 8.24. The summed E-state index contributed by atoms with van der Waals surface area (Å²) >= 11 is 1.97. The number of carbonyl (C=O) groups excluding carboxylic acids is 1. The molecule has 0 radical (unpaired) electrons. The zero-order valence-corrected chi connectivity index (χ0v) is 12.8. The Bertz CT molecular complexity index is 301. The standard InChI is InChI=1S/C14H25NO3S/c1-15-12(11-3-6-18-8-11)9-19-10-14(4-5-14)7-13(16)17-2/h11-12,15H,3-10H2,1-2H3. The molecule has 2 rings (SSSR count). The van der Waals surface area contributed by atoms with Gasteiger partial charge in [0.1, 0.15) is 0 Å². The summed E-state index contributed by atoms with van der Waals surface area (Å²) in [5, 5.41) is 3.41. The third-order valence-electron chi connectivity index (χ3n) is 4.31. The third-order valence-corrected chi connectivity index (χ3v) is 5.73. The highest BCUT2D eigenvalue weighted by molar-refractivity contribution is 7.99. The number of thioether (sulfide) groups is 1.